The van der Waals surface area contributed by atoms with Crippen LogP contribution >= 0.6 is 12.4 Å². The molecule has 0 atom stereocenters. The van der Waals surface area contributed by atoms with Crippen molar-refractivity contribution in [3.8, 4) is 5.75 Å². The lowest BCUT2D eigenvalue weighted by atomic mass is 10.1. The highest BCUT2D eigenvalue weighted by Gasteiger charge is 2.07. The first kappa shape index (κ1) is 16.7. The zero-order chi connectivity index (χ0) is 12.8. The summed E-state index contributed by atoms with van der Waals surface area (Å²) < 4.78 is 0. The van der Waals surface area contributed by atoms with Crippen molar-refractivity contribution in [3.05, 3.63) is 23.8 Å². The molecule has 102 valence electrons. The molecule has 1 aromatic carbocycles. The molecule has 0 aliphatic heterocycles. The zero-order valence-corrected chi connectivity index (χ0v) is 11.9. The molecule has 0 fully saturated rings. The summed E-state index contributed by atoms with van der Waals surface area (Å²) in [4.78, 5) is 13.2. The fourth-order valence-corrected chi connectivity index (χ4v) is 1.68. The maximum atomic E-state index is 11.0. The third-order valence-electron chi connectivity index (χ3n) is 2.69. The quantitative estimate of drug-likeness (QED) is 0.810. The number of anilines is 1. The molecule has 0 saturated heterocycles. The first-order valence-corrected chi connectivity index (χ1v) is 5.88. The summed E-state index contributed by atoms with van der Waals surface area (Å²) in [7, 11) is 0. The molecular weight excluding hydrogens is 252 g/mol. The second-order valence-electron chi connectivity index (χ2n) is 3.99. The average molecular weight is 273 g/mol. The Morgan fingerprint density at radius 2 is 1.94 bits per heavy atom. The molecule has 0 unspecified atom stereocenters. The lowest BCUT2D eigenvalue weighted by Crippen LogP contribution is -2.22. The van der Waals surface area contributed by atoms with E-state index >= 15 is 0 Å². The maximum Gasteiger partial charge on any atom is 0.221 e. The van der Waals surface area contributed by atoms with Crippen molar-refractivity contribution in [2.24, 2.45) is 0 Å². The van der Waals surface area contributed by atoms with Crippen LogP contribution in [0.4, 0.5) is 5.69 Å². The summed E-state index contributed by atoms with van der Waals surface area (Å²) in [6.07, 6.45) is 0. The van der Waals surface area contributed by atoms with Crippen molar-refractivity contribution in [2.75, 3.05) is 18.4 Å². The molecule has 18 heavy (non-hydrogen) atoms. The molecule has 1 aromatic rings. The average Bonchev–Trinajstić information content (AvgIpc) is 2.29. The van der Waals surface area contributed by atoms with E-state index in [0.717, 1.165) is 24.3 Å². The molecular formula is C13H21ClN2O2. The van der Waals surface area contributed by atoms with Crippen molar-refractivity contribution in [2.45, 2.75) is 27.3 Å². The molecule has 0 radical (unpaired) electrons. The molecule has 2 N–H and O–H groups in total. The monoisotopic (exact) mass is 272 g/mol. The topological polar surface area (TPSA) is 52.6 Å². The first-order valence-electron chi connectivity index (χ1n) is 5.88. The number of phenols is 1. The Balaban J connectivity index is 0.00000289. The minimum Gasteiger partial charge on any atom is -0.508 e. The number of nitrogens with one attached hydrogen (secondary N) is 1. The van der Waals surface area contributed by atoms with E-state index in [1.54, 1.807) is 12.1 Å². The van der Waals surface area contributed by atoms with Gasteiger partial charge in [0.1, 0.15) is 5.75 Å². The number of amides is 1. The van der Waals surface area contributed by atoms with E-state index < -0.39 is 0 Å². The van der Waals surface area contributed by atoms with Crippen LogP contribution in [-0.2, 0) is 11.3 Å². The number of benzene rings is 1. The van der Waals surface area contributed by atoms with Gasteiger partial charge in [0.2, 0.25) is 5.91 Å². The fourth-order valence-electron chi connectivity index (χ4n) is 1.68. The smallest absolute Gasteiger partial charge is 0.221 e. The molecule has 0 aromatic heterocycles. The number of aromatic hydroxyl groups is 1. The summed E-state index contributed by atoms with van der Waals surface area (Å²) >= 11 is 0. The minimum atomic E-state index is -0.107. The van der Waals surface area contributed by atoms with Crippen molar-refractivity contribution in [1.82, 2.24) is 4.90 Å². The van der Waals surface area contributed by atoms with E-state index in [1.165, 1.54) is 6.92 Å². The predicted octanol–water partition coefficient (Wildman–Crippen LogP) is 2.61. The van der Waals surface area contributed by atoms with E-state index in [-0.39, 0.29) is 24.1 Å². The molecule has 1 amide bonds. The summed E-state index contributed by atoms with van der Waals surface area (Å²) in [6.45, 7) is 8.18. The van der Waals surface area contributed by atoms with Gasteiger partial charge in [-0.3, -0.25) is 9.69 Å². The number of hydrogen-bond acceptors (Lipinski definition) is 3. The van der Waals surface area contributed by atoms with Crippen LogP contribution < -0.4 is 5.32 Å². The Labute approximate surface area is 114 Å². The van der Waals surface area contributed by atoms with Crippen molar-refractivity contribution in [3.63, 3.8) is 0 Å². The van der Waals surface area contributed by atoms with E-state index in [4.69, 9.17) is 0 Å². The number of hydrogen-bond donors (Lipinski definition) is 2. The van der Waals surface area contributed by atoms with Crippen LogP contribution in [-0.4, -0.2) is 29.0 Å². The number of halogens is 1. The standard InChI is InChI=1S/C13H20N2O2.ClH/c1-4-15(5-2)9-11-8-12(14-10(3)16)6-7-13(11)17;/h6-8,17H,4-5,9H2,1-3H3,(H,14,16);1H. The Hall–Kier alpha value is -1.26. The Kier molecular flexibility index (Phi) is 7.39. The van der Waals surface area contributed by atoms with E-state index in [0.29, 0.717) is 6.54 Å². The largest absolute Gasteiger partial charge is 0.508 e. The molecule has 0 spiro atoms. The number of nitrogens with zero attached hydrogens (tertiary/aromatic N) is 1. The van der Waals surface area contributed by atoms with Gasteiger partial charge in [0, 0.05) is 24.7 Å². The Bertz CT molecular complexity index is 393. The zero-order valence-electron chi connectivity index (χ0n) is 11.1. The van der Waals surface area contributed by atoms with Gasteiger partial charge in [-0.2, -0.15) is 0 Å². The van der Waals surface area contributed by atoms with Crippen LogP contribution in [0, 0.1) is 0 Å². The SMILES string of the molecule is CCN(CC)Cc1cc(NC(C)=O)ccc1O.Cl. The third kappa shape index (κ3) is 4.94. The lowest BCUT2D eigenvalue weighted by Gasteiger charge is -2.19. The van der Waals surface area contributed by atoms with Gasteiger partial charge in [0.05, 0.1) is 0 Å². The molecule has 0 heterocycles. The van der Waals surface area contributed by atoms with Crippen LogP contribution in [0.5, 0.6) is 5.75 Å². The Morgan fingerprint density at radius 3 is 2.44 bits per heavy atom. The van der Waals surface area contributed by atoms with Crippen LogP contribution in [0.3, 0.4) is 0 Å². The molecule has 0 aliphatic carbocycles. The highest BCUT2D eigenvalue weighted by Crippen LogP contribution is 2.22. The molecule has 0 bridgehead atoms. The summed E-state index contributed by atoms with van der Waals surface area (Å²) in [5.74, 6) is 0.162. The van der Waals surface area contributed by atoms with Gasteiger partial charge in [0.15, 0.2) is 0 Å². The minimum absolute atomic E-state index is 0. The van der Waals surface area contributed by atoms with E-state index in [2.05, 4.69) is 24.1 Å². The normalized spacial score (nSPS) is 10.0. The number of rotatable bonds is 5. The van der Waals surface area contributed by atoms with Crippen LogP contribution in [0.15, 0.2) is 18.2 Å². The van der Waals surface area contributed by atoms with Gasteiger partial charge in [0.25, 0.3) is 0 Å². The van der Waals surface area contributed by atoms with Crippen LogP contribution in [0.25, 0.3) is 0 Å². The number of carbonyl (C=O) groups excluding carboxylic acids is 1. The van der Waals surface area contributed by atoms with Crippen LogP contribution in [0.2, 0.25) is 0 Å². The van der Waals surface area contributed by atoms with Crippen LogP contribution in [0.1, 0.15) is 26.3 Å². The molecule has 0 saturated carbocycles. The molecule has 4 nitrogen and oxygen atoms in total. The summed E-state index contributed by atoms with van der Waals surface area (Å²) in [6, 6.07) is 5.13. The van der Waals surface area contributed by atoms with Crippen molar-refractivity contribution >= 4 is 24.0 Å². The highest BCUT2D eigenvalue weighted by molar-refractivity contribution is 5.88. The van der Waals surface area contributed by atoms with Gasteiger partial charge in [-0.15, -0.1) is 12.4 Å². The van der Waals surface area contributed by atoms with Gasteiger partial charge in [-0.05, 0) is 31.3 Å². The molecule has 0 aliphatic rings. The van der Waals surface area contributed by atoms with E-state index in [1.807, 2.05) is 6.07 Å². The number of phenolic OH excluding ortho intramolecular Hbond substituents is 1. The van der Waals surface area contributed by atoms with Gasteiger partial charge in [-0.1, -0.05) is 13.8 Å². The number of carbonyl (C=O) groups is 1. The van der Waals surface area contributed by atoms with Gasteiger partial charge >= 0.3 is 0 Å². The summed E-state index contributed by atoms with van der Waals surface area (Å²) in [5, 5.41) is 12.5. The second kappa shape index (κ2) is 7.95. The molecule has 1 rings (SSSR count). The maximum absolute atomic E-state index is 11.0. The lowest BCUT2D eigenvalue weighted by molar-refractivity contribution is -0.114. The van der Waals surface area contributed by atoms with E-state index in [9.17, 15) is 9.90 Å². The van der Waals surface area contributed by atoms with Crippen molar-refractivity contribution in [1.29, 1.82) is 0 Å². The third-order valence-corrected chi connectivity index (χ3v) is 2.69. The Morgan fingerprint density at radius 1 is 1.33 bits per heavy atom. The van der Waals surface area contributed by atoms with Crippen molar-refractivity contribution < 1.29 is 9.90 Å². The second-order valence-corrected chi connectivity index (χ2v) is 3.99. The molecule has 5 heteroatoms. The predicted molar refractivity (Wildman–Crippen MR) is 76.3 cm³/mol. The van der Waals surface area contributed by atoms with Gasteiger partial charge < -0.3 is 10.4 Å². The van der Waals surface area contributed by atoms with Gasteiger partial charge in [-0.25, -0.2) is 0 Å². The first-order chi connectivity index (χ1) is 8.06. The summed E-state index contributed by atoms with van der Waals surface area (Å²) in [5.41, 5.74) is 1.55. The fraction of sp³-hybridized carbons (Fsp3) is 0.462. The highest BCUT2D eigenvalue weighted by atomic mass is 35.5.